The predicted octanol–water partition coefficient (Wildman–Crippen LogP) is 7.05. The van der Waals surface area contributed by atoms with E-state index in [9.17, 15) is 0 Å². The largest absolute Gasteiger partial charge is 0.343 e. The second kappa shape index (κ2) is 13.7. The van der Waals surface area contributed by atoms with Gasteiger partial charge in [0.05, 0.1) is 12.2 Å². The van der Waals surface area contributed by atoms with E-state index < -0.39 is 5.79 Å². The topological polar surface area (TPSA) is 18.5 Å². The molecule has 0 fully saturated rings. The molecule has 142 valence electrons. The third-order valence-electron chi connectivity index (χ3n) is 4.88. The summed E-state index contributed by atoms with van der Waals surface area (Å²) in [6, 6.07) is 0. The van der Waals surface area contributed by atoms with Crippen LogP contribution in [0.5, 0.6) is 0 Å². The summed E-state index contributed by atoms with van der Waals surface area (Å²) in [5, 5.41) is 0. The van der Waals surface area contributed by atoms with E-state index in [2.05, 4.69) is 47.8 Å². The monoisotopic (exact) mass is 338 g/mol. The van der Waals surface area contributed by atoms with Crippen LogP contribution in [0.25, 0.3) is 0 Å². The van der Waals surface area contributed by atoms with E-state index in [-0.39, 0.29) is 18.1 Å². The first-order chi connectivity index (χ1) is 11.5. The Hall–Kier alpha value is -0.600. The van der Waals surface area contributed by atoms with Gasteiger partial charge in [-0.15, -0.1) is 6.58 Å². The summed E-state index contributed by atoms with van der Waals surface area (Å²) in [5.74, 6) is -0.611. The van der Waals surface area contributed by atoms with Gasteiger partial charge in [-0.3, -0.25) is 0 Å². The molecule has 0 aromatic rings. The smallest absolute Gasteiger partial charge is 0.194 e. The normalized spacial score (nSPS) is 17.7. The maximum atomic E-state index is 6.35. The molecule has 0 N–H and O–H groups in total. The Labute approximate surface area is 151 Å². The van der Waals surface area contributed by atoms with Crippen LogP contribution < -0.4 is 0 Å². The van der Waals surface area contributed by atoms with E-state index in [1.807, 2.05) is 12.2 Å². The average molecular weight is 339 g/mol. The Balaban J connectivity index is 4.90. The lowest BCUT2D eigenvalue weighted by atomic mass is 9.91. The zero-order valence-corrected chi connectivity index (χ0v) is 17.0. The van der Waals surface area contributed by atoms with Crippen molar-refractivity contribution in [2.75, 3.05) is 0 Å². The highest BCUT2D eigenvalue weighted by atomic mass is 16.7. The molecule has 0 amide bonds. The third kappa shape index (κ3) is 8.48. The summed E-state index contributed by atoms with van der Waals surface area (Å²) in [4.78, 5) is 0. The SMILES string of the molecule is C=CC(CCCCCCCC)C(C=C)(OC(C)CC)OC(C)CC. The Morgan fingerprint density at radius 3 is 1.75 bits per heavy atom. The van der Waals surface area contributed by atoms with Crippen LogP contribution in [-0.4, -0.2) is 18.0 Å². The Morgan fingerprint density at radius 2 is 1.33 bits per heavy atom. The van der Waals surface area contributed by atoms with Gasteiger partial charge >= 0.3 is 0 Å². The number of unbranched alkanes of at least 4 members (excludes halogenated alkanes) is 5. The van der Waals surface area contributed by atoms with E-state index in [0.29, 0.717) is 0 Å². The van der Waals surface area contributed by atoms with Gasteiger partial charge in [0.2, 0.25) is 0 Å². The second-order valence-corrected chi connectivity index (χ2v) is 7.00. The first kappa shape index (κ1) is 23.4. The highest BCUT2D eigenvalue weighted by molar-refractivity contribution is 5.02. The molecule has 0 aliphatic carbocycles. The molecule has 0 aromatic carbocycles. The Kier molecular flexibility index (Phi) is 13.3. The standard InChI is InChI=1S/C22H42O2/c1-8-13-14-15-16-17-18-21(11-4)22(12-5,23-19(6)9-2)24-20(7)10-3/h11-12,19-21H,4-5,8-10,13-18H2,1-3,6-7H3. The molecule has 0 aliphatic heterocycles. The van der Waals surface area contributed by atoms with Crippen molar-refractivity contribution in [1.82, 2.24) is 0 Å². The van der Waals surface area contributed by atoms with E-state index in [1.165, 1.54) is 38.5 Å². The molecule has 3 atom stereocenters. The minimum Gasteiger partial charge on any atom is -0.343 e. The third-order valence-corrected chi connectivity index (χ3v) is 4.88. The highest BCUT2D eigenvalue weighted by Crippen LogP contribution is 2.34. The van der Waals surface area contributed by atoms with Crippen molar-refractivity contribution < 1.29 is 9.47 Å². The molecule has 2 nitrogen and oxygen atoms in total. The molecule has 0 saturated heterocycles. The lowest BCUT2D eigenvalue weighted by Crippen LogP contribution is -2.45. The molecule has 0 aromatic heterocycles. The van der Waals surface area contributed by atoms with Crippen LogP contribution in [0.4, 0.5) is 0 Å². The summed E-state index contributed by atoms with van der Waals surface area (Å²) in [6.45, 7) is 18.8. The molecular weight excluding hydrogens is 296 g/mol. The Bertz CT molecular complexity index is 312. The average Bonchev–Trinajstić information content (AvgIpc) is 2.60. The van der Waals surface area contributed by atoms with Crippen molar-refractivity contribution in [3.8, 4) is 0 Å². The number of rotatable bonds is 16. The molecule has 0 radical (unpaired) electrons. The van der Waals surface area contributed by atoms with Gasteiger partial charge in [-0.2, -0.15) is 0 Å². The first-order valence-electron chi connectivity index (χ1n) is 10.1. The molecule has 0 saturated carbocycles. The second-order valence-electron chi connectivity index (χ2n) is 7.00. The molecular formula is C22H42O2. The van der Waals surface area contributed by atoms with E-state index in [0.717, 1.165) is 19.3 Å². The van der Waals surface area contributed by atoms with Crippen LogP contribution in [0.2, 0.25) is 0 Å². The lowest BCUT2D eigenvalue weighted by Gasteiger charge is -2.40. The molecule has 24 heavy (non-hydrogen) atoms. The van der Waals surface area contributed by atoms with E-state index in [4.69, 9.17) is 9.47 Å². The lowest BCUT2D eigenvalue weighted by molar-refractivity contribution is -0.264. The summed E-state index contributed by atoms with van der Waals surface area (Å²) in [6.07, 6.45) is 14.8. The fraction of sp³-hybridized carbons (Fsp3) is 0.818. The molecule has 0 bridgehead atoms. The van der Waals surface area contributed by atoms with Crippen LogP contribution in [0.1, 0.15) is 92.4 Å². The molecule has 0 spiro atoms. The van der Waals surface area contributed by atoms with Crippen molar-refractivity contribution >= 4 is 0 Å². The quantitative estimate of drug-likeness (QED) is 0.170. The summed E-state index contributed by atoms with van der Waals surface area (Å²) in [5.41, 5.74) is 0. The highest BCUT2D eigenvalue weighted by Gasteiger charge is 2.38. The minimum atomic E-state index is -0.754. The summed E-state index contributed by atoms with van der Waals surface area (Å²) >= 11 is 0. The van der Waals surface area contributed by atoms with Crippen LogP contribution in [0.3, 0.4) is 0 Å². The molecule has 3 unspecified atom stereocenters. The van der Waals surface area contributed by atoms with Gasteiger partial charge in [0.25, 0.3) is 0 Å². The zero-order chi connectivity index (χ0) is 18.4. The number of hydrogen-bond donors (Lipinski definition) is 0. The molecule has 2 heteroatoms. The van der Waals surface area contributed by atoms with E-state index in [1.54, 1.807) is 0 Å². The van der Waals surface area contributed by atoms with Crippen molar-refractivity contribution in [3.05, 3.63) is 25.3 Å². The fourth-order valence-electron chi connectivity index (χ4n) is 2.87. The maximum Gasteiger partial charge on any atom is 0.194 e. The van der Waals surface area contributed by atoms with Gasteiger partial charge < -0.3 is 9.47 Å². The van der Waals surface area contributed by atoms with Crippen molar-refractivity contribution in [1.29, 1.82) is 0 Å². The van der Waals surface area contributed by atoms with Gasteiger partial charge in [0.1, 0.15) is 0 Å². The summed E-state index contributed by atoms with van der Waals surface area (Å²) in [7, 11) is 0. The van der Waals surface area contributed by atoms with Crippen molar-refractivity contribution in [2.24, 2.45) is 5.92 Å². The van der Waals surface area contributed by atoms with Gasteiger partial charge in [0, 0.05) is 5.92 Å². The van der Waals surface area contributed by atoms with Gasteiger partial charge in [-0.05, 0) is 39.2 Å². The van der Waals surface area contributed by atoms with Crippen LogP contribution in [0, 0.1) is 5.92 Å². The van der Waals surface area contributed by atoms with Crippen LogP contribution in [-0.2, 0) is 9.47 Å². The van der Waals surface area contributed by atoms with Gasteiger partial charge in [0.15, 0.2) is 5.79 Å². The summed E-state index contributed by atoms with van der Waals surface area (Å²) < 4.78 is 12.7. The van der Waals surface area contributed by atoms with Crippen molar-refractivity contribution in [2.45, 2.75) is 110 Å². The van der Waals surface area contributed by atoms with Gasteiger partial charge in [-0.25, -0.2) is 0 Å². The molecule has 0 rings (SSSR count). The number of hydrogen-bond acceptors (Lipinski definition) is 2. The van der Waals surface area contributed by atoms with Crippen molar-refractivity contribution in [3.63, 3.8) is 0 Å². The zero-order valence-electron chi connectivity index (χ0n) is 17.0. The molecule has 0 heterocycles. The predicted molar refractivity (Wildman–Crippen MR) is 106 cm³/mol. The van der Waals surface area contributed by atoms with E-state index >= 15 is 0 Å². The van der Waals surface area contributed by atoms with Crippen LogP contribution >= 0.6 is 0 Å². The van der Waals surface area contributed by atoms with Crippen LogP contribution in [0.15, 0.2) is 25.3 Å². The van der Waals surface area contributed by atoms with Gasteiger partial charge in [-0.1, -0.05) is 72.0 Å². The minimum absolute atomic E-state index is 0.138. The number of ether oxygens (including phenoxy) is 2. The Morgan fingerprint density at radius 1 is 0.833 bits per heavy atom. The first-order valence-corrected chi connectivity index (χ1v) is 10.1. The molecule has 0 aliphatic rings. The fourth-order valence-corrected chi connectivity index (χ4v) is 2.87. The maximum absolute atomic E-state index is 6.35.